The van der Waals surface area contributed by atoms with Crippen LogP contribution in [-0.2, 0) is 6.42 Å². The van der Waals surface area contributed by atoms with Gasteiger partial charge in [-0.1, -0.05) is 37.4 Å². The molecule has 0 amide bonds. The molecule has 0 radical (unpaired) electrons. The van der Waals surface area contributed by atoms with Gasteiger partial charge >= 0.3 is 0 Å². The second-order valence-electron chi connectivity index (χ2n) is 9.94. The maximum atomic E-state index is 13.5. The van der Waals surface area contributed by atoms with E-state index >= 15 is 0 Å². The van der Waals surface area contributed by atoms with Gasteiger partial charge in [0.05, 0.1) is 35.2 Å². The fraction of sp³-hybridized carbons (Fsp3) is 0.182. The molecule has 2 aromatic heterocycles. The number of benzene rings is 2. The van der Waals surface area contributed by atoms with E-state index in [9.17, 15) is 4.39 Å². The first-order valence-corrected chi connectivity index (χ1v) is 13.0. The van der Waals surface area contributed by atoms with Crippen molar-refractivity contribution in [2.45, 2.75) is 26.2 Å². The fourth-order valence-corrected chi connectivity index (χ4v) is 4.55. The smallest absolute Gasteiger partial charge is 0.123 e. The third-order valence-corrected chi connectivity index (χ3v) is 6.84. The molecule has 1 aliphatic rings. The molecule has 0 spiro atoms. The summed E-state index contributed by atoms with van der Waals surface area (Å²) in [4.78, 5) is 13.6. The lowest BCUT2D eigenvalue weighted by atomic mass is 9.96. The van der Waals surface area contributed by atoms with E-state index in [1.54, 1.807) is 19.3 Å². The average Bonchev–Trinajstić information content (AvgIpc) is 3.77. The van der Waals surface area contributed by atoms with Gasteiger partial charge in [-0.2, -0.15) is 0 Å². The topological polar surface area (TPSA) is 62.2 Å². The number of anilines is 2. The minimum Gasteiger partial charge on any atom is -0.358 e. The minimum absolute atomic E-state index is 0.243. The van der Waals surface area contributed by atoms with Gasteiger partial charge in [-0.3, -0.25) is 15.0 Å². The quantitative estimate of drug-likeness (QED) is 0.213. The second-order valence-corrected chi connectivity index (χ2v) is 9.94. The number of rotatable bonds is 10. The second kappa shape index (κ2) is 11.4. The van der Waals surface area contributed by atoms with Gasteiger partial charge in [0, 0.05) is 42.2 Å². The molecule has 0 unspecified atom stereocenters. The van der Waals surface area contributed by atoms with E-state index < -0.39 is 0 Å². The molecule has 39 heavy (non-hydrogen) atoms. The van der Waals surface area contributed by atoms with Crippen LogP contribution in [-0.4, -0.2) is 22.7 Å². The highest BCUT2D eigenvalue weighted by molar-refractivity contribution is 6.15. The molecule has 196 valence electrons. The van der Waals surface area contributed by atoms with Gasteiger partial charge in [-0.15, -0.1) is 0 Å². The molecule has 5 rings (SSSR count). The molecular weight excluding hydrogens is 485 g/mol. The predicted octanol–water partition coefficient (Wildman–Crippen LogP) is 7.56. The van der Waals surface area contributed by atoms with Crippen molar-refractivity contribution in [3.05, 3.63) is 132 Å². The van der Waals surface area contributed by atoms with Crippen molar-refractivity contribution in [2.24, 2.45) is 10.9 Å². The first kappa shape index (κ1) is 26.0. The summed E-state index contributed by atoms with van der Waals surface area (Å²) in [5.74, 6) is 0.328. The van der Waals surface area contributed by atoms with Gasteiger partial charge < -0.3 is 10.6 Å². The van der Waals surface area contributed by atoms with Crippen LogP contribution < -0.4 is 10.6 Å². The Hall–Kier alpha value is -4.58. The van der Waals surface area contributed by atoms with Gasteiger partial charge in [0.1, 0.15) is 5.82 Å². The summed E-state index contributed by atoms with van der Waals surface area (Å²) in [7, 11) is 1.77. The Morgan fingerprint density at radius 1 is 0.949 bits per heavy atom. The van der Waals surface area contributed by atoms with Crippen molar-refractivity contribution in [1.29, 1.82) is 0 Å². The Labute approximate surface area is 229 Å². The Bertz CT molecular complexity index is 1550. The van der Waals surface area contributed by atoms with Crippen LogP contribution >= 0.6 is 0 Å². The summed E-state index contributed by atoms with van der Waals surface area (Å²) >= 11 is 0. The monoisotopic (exact) mass is 517 g/mol. The molecule has 1 saturated carbocycles. The first-order valence-electron chi connectivity index (χ1n) is 13.0. The highest BCUT2D eigenvalue weighted by Gasteiger charge is 2.24. The third kappa shape index (κ3) is 6.47. The lowest BCUT2D eigenvalue weighted by Crippen LogP contribution is -2.13. The first-order chi connectivity index (χ1) is 18.9. The lowest BCUT2D eigenvalue weighted by Gasteiger charge is -2.16. The van der Waals surface area contributed by atoms with E-state index in [-0.39, 0.29) is 5.82 Å². The standard InChI is InChI=1S/C33H32FN5/c1-21-8-9-26(27-16-31(19-36-18-27)38-22(2)25-10-11-25)17-32(21)33(35-4)23(3)39-30-13-12-29(37-20-30)15-24-6-5-7-28(34)14-24/h5-9,12-14,16-20,25,38-39H,2-3,10-11,15H2,1,4H3. The third-order valence-electron chi connectivity index (χ3n) is 6.84. The molecule has 1 aliphatic carbocycles. The van der Waals surface area contributed by atoms with Gasteiger partial charge in [-0.25, -0.2) is 4.39 Å². The van der Waals surface area contributed by atoms with Crippen molar-refractivity contribution in [3.63, 3.8) is 0 Å². The number of allylic oxidation sites excluding steroid dienone is 2. The zero-order valence-corrected chi connectivity index (χ0v) is 22.3. The summed E-state index contributed by atoms with van der Waals surface area (Å²) in [6.07, 6.45) is 8.42. The van der Waals surface area contributed by atoms with Gasteiger partial charge in [0.25, 0.3) is 0 Å². The number of nitrogens with one attached hydrogen (secondary N) is 2. The number of pyridine rings is 2. The molecule has 0 saturated heterocycles. The number of hydrogen-bond donors (Lipinski definition) is 2. The number of halogens is 1. The van der Waals surface area contributed by atoms with Crippen LogP contribution in [0.15, 0.2) is 109 Å². The molecule has 6 heteroatoms. The van der Waals surface area contributed by atoms with Crippen LogP contribution in [0.4, 0.5) is 15.8 Å². The van der Waals surface area contributed by atoms with Gasteiger partial charge in [0.15, 0.2) is 0 Å². The van der Waals surface area contributed by atoms with E-state index in [1.165, 1.54) is 25.0 Å². The summed E-state index contributed by atoms with van der Waals surface area (Å²) in [6, 6.07) is 18.9. The van der Waals surface area contributed by atoms with Crippen molar-refractivity contribution in [3.8, 4) is 11.1 Å². The Morgan fingerprint density at radius 2 is 1.79 bits per heavy atom. The van der Waals surface area contributed by atoms with E-state index in [0.717, 1.165) is 56.3 Å². The molecule has 1 fully saturated rings. The Morgan fingerprint density at radius 3 is 2.51 bits per heavy atom. The van der Waals surface area contributed by atoms with Crippen LogP contribution in [0.1, 0.15) is 35.2 Å². The molecule has 5 nitrogen and oxygen atoms in total. The molecule has 2 N–H and O–H groups in total. The molecule has 2 aromatic carbocycles. The summed E-state index contributed by atoms with van der Waals surface area (Å²) in [5.41, 5.74) is 10.1. The summed E-state index contributed by atoms with van der Waals surface area (Å²) in [5, 5.41) is 6.76. The molecule has 2 heterocycles. The molecular formula is C33H32FN5. The number of hydrogen-bond acceptors (Lipinski definition) is 5. The Balaban J connectivity index is 1.31. The largest absolute Gasteiger partial charge is 0.358 e. The lowest BCUT2D eigenvalue weighted by molar-refractivity contribution is 0.626. The zero-order valence-electron chi connectivity index (χ0n) is 22.3. The van der Waals surface area contributed by atoms with Crippen molar-refractivity contribution < 1.29 is 4.39 Å². The number of aryl methyl sites for hydroxylation is 1. The molecule has 0 atom stereocenters. The number of aromatic nitrogens is 2. The van der Waals surface area contributed by atoms with E-state index in [2.05, 4.69) is 69.9 Å². The van der Waals surface area contributed by atoms with Crippen LogP contribution in [0.5, 0.6) is 0 Å². The van der Waals surface area contributed by atoms with Crippen LogP contribution in [0.2, 0.25) is 0 Å². The van der Waals surface area contributed by atoms with Crippen molar-refractivity contribution >= 4 is 17.1 Å². The molecule has 0 bridgehead atoms. The average molecular weight is 518 g/mol. The number of nitrogens with zero attached hydrogens (tertiary/aromatic N) is 3. The van der Waals surface area contributed by atoms with Crippen molar-refractivity contribution in [2.75, 3.05) is 17.7 Å². The van der Waals surface area contributed by atoms with Gasteiger partial charge in [0.2, 0.25) is 0 Å². The fourth-order valence-electron chi connectivity index (χ4n) is 4.55. The van der Waals surface area contributed by atoms with Crippen LogP contribution in [0, 0.1) is 18.7 Å². The molecule has 4 aromatic rings. The maximum Gasteiger partial charge on any atom is 0.123 e. The summed E-state index contributed by atoms with van der Waals surface area (Å²) in [6.45, 7) is 10.5. The van der Waals surface area contributed by atoms with Crippen molar-refractivity contribution in [1.82, 2.24) is 9.97 Å². The molecule has 0 aliphatic heterocycles. The predicted molar refractivity (Wildman–Crippen MR) is 159 cm³/mol. The zero-order chi connectivity index (χ0) is 27.4. The normalized spacial score (nSPS) is 13.2. The van der Waals surface area contributed by atoms with Crippen LogP contribution in [0.3, 0.4) is 0 Å². The maximum absolute atomic E-state index is 13.5. The Kier molecular flexibility index (Phi) is 7.64. The SMILES string of the molecule is C=C(Nc1ccc(Cc2cccc(F)c2)nc1)C(=NC)c1cc(-c2cncc(NC(=C)C3CC3)c2)ccc1C. The minimum atomic E-state index is -0.243. The van der Waals surface area contributed by atoms with E-state index in [0.29, 0.717) is 18.0 Å². The number of aliphatic imine (C=N–C) groups is 1. The van der Waals surface area contributed by atoms with Crippen LogP contribution in [0.25, 0.3) is 11.1 Å². The highest BCUT2D eigenvalue weighted by Crippen LogP contribution is 2.36. The highest BCUT2D eigenvalue weighted by atomic mass is 19.1. The van der Waals surface area contributed by atoms with Gasteiger partial charge in [-0.05, 0) is 78.8 Å². The van der Waals surface area contributed by atoms with E-state index in [1.807, 2.05) is 30.6 Å². The van der Waals surface area contributed by atoms with E-state index in [4.69, 9.17) is 0 Å². The summed E-state index contributed by atoms with van der Waals surface area (Å²) < 4.78 is 13.5.